The fourth-order valence-corrected chi connectivity index (χ4v) is 2.28. The molecule has 0 atom stereocenters. The Morgan fingerprint density at radius 2 is 1.88 bits per heavy atom. The lowest BCUT2D eigenvalue weighted by Gasteiger charge is -2.15. The monoisotopic (exact) mass is 242 g/mol. The van der Waals surface area contributed by atoms with Crippen LogP contribution in [0.15, 0.2) is 42.5 Å². The van der Waals surface area contributed by atoms with Crippen molar-refractivity contribution in [2.75, 3.05) is 11.4 Å². The molecule has 0 radical (unpaired) electrons. The second kappa shape index (κ2) is 3.82. The summed E-state index contributed by atoms with van der Waals surface area (Å²) >= 11 is 5.12. The van der Waals surface area contributed by atoms with Gasteiger partial charge in [-0.3, -0.25) is 9.69 Å². The highest BCUT2D eigenvalue weighted by Gasteiger charge is 2.26. The molecule has 1 amide bonds. The number of hydrogen-bond acceptors (Lipinski definition) is 2. The number of rotatable bonds is 1. The van der Waals surface area contributed by atoms with E-state index in [9.17, 15) is 4.79 Å². The van der Waals surface area contributed by atoms with Gasteiger partial charge in [-0.1, -0.05) is 30.3 Å². The van der Waals surface area contributed by atoms with E-state index in [0.717, 1.165) is 16.5 Å². The Kier molecular flexibility index (Phi) is 2.30. The number of thiocarbonyl (C=S) groups is 1. The van der Waals surface area contributed by atoms with Crippen molar-refractivity contribution >= 4 is 39.7 Å². The van der Waals surface area contributed by atoms with Crippen LogP contribution in [-0.2, 0) is 4.79 Å². The van der Waals surface area contributed by atoms with E-state index in [0.29, 0.717) is 5.11 Å². The summed E-state index contributed by atoms with van der Waals surface area (Å²) in [6, 6.07) is 13.9. The van der Waals surface area contributed by atoms with Crippen molar-refractivity contribution in [1.82, 2.24) is 5.32 Å². The summed E-state index contributed by atoms with van der Waals surface area (Å²) in [6.07, 6.45) is 0. The number of amides is 1. The first kappa shape index (κ1) is 10.2. The van der Waals surface area contributed by atoms with E-state index in [1.807, 2.05) is 42.5 Å². The zero-order valence-corrected chi connectivity index (χ0v) is 9.83. The fourth-order valence-electron chi connectivity index (χ4n) is 2.00. The zero-order valence-electron chi connectivity index (χ0n) is 9.01. The quantitative estimate of drug-likeness (QED) is 0.777. The lowest BCUT2D eigenvalue weighted by atomic mass is 10.1. The number of hydrogen-bond donors (Lipinski definition) is 1. The summed E-state index contributed by atoms with van der Waals surface area (Å²) in [6.45, 7) is 0.283. The van der Waals surface area contributed by atoms with Crippen LogP contribution in [0.5, 0.6) is 0 Å². The maximum Gasteiger partial charge on any atom is 0.252 e. The van der Waals surface area contributed by atoms with Crippen LogP contribution in [0.1, 0.15) is 0 Å². The third-order valence-corrected chi connectivity index (χ3v) is 3.16. The summed E-state index contributed by atoms with van der Waals surface area (Å²) in [5.41, 5.74) is 0.823. The fraction of sp³-hybridized carbons (Fsp3) is 0.0769. The third-order valence-electron chi connectivity index (χ3n) is 2.83. The zero-order chi connectivity index (χ0) is 11.8. The summed E-state index contributed by atoms with van der Waals surface area (Å²) in [5, 5.41) is 5.61. The summed E-state index contributed by atoms with van der Waals surface area (Å²) in [4.78, 5) is 13.2. The molecule has 17 heavy (non-hydrogen) atoms. The molecule has 4 heteroatoms. The van der Waals surface area contributed by atoms with Gasteiger partial charge in [0.25, 0.3) is 5.91 Å². The molecular formula is C13H10N2OS. The molecule has 0 spiro atoms. The summed E-state index contributed by atoms with van der Waals surface area (Å²) in [7, 11) is 0. The Hall–Kier alpha value is -1.94. The number of fused-ring (bicyclic) bond motifs is 1. The largest absolute Gasteiger partial charge is 0.353 e. The number of nitrogens with one attached hydrogen (secondary N) is 1. The molecule has 0 aliphatic carbocycles. The van der Waals surface area contributed by atoms with Gasteiger partial charge in [0, 0.05) is 0 Å². The Labute approximate surface area is 104 Å². The van der Waals surface area contributed by atoms with Crippen LogP contribution >= 0.6 is 12.2 Å². The number of carbonyl (C=O) groups excluding carboxylic acids is 1. The minimum absolute atomic E-state index is 0.00900. The smallest absolute Gasteiger partial charge is 0.252 e. The van der Waals surface area contributed by atoms with Crippen molar-refractivity contribution < 1.29 is 4.79 Å². The van der Waals surface area contributed by atoms with Crippen LogP contribution < -0.4 is 10.2 Å². The second-order valence-electron chi connectivity index (χ2n) is 3.92. The van der Waals surface area contributed by atoms with Crippen LogP contribution in [0.2, 0.25) is 0 Å². The van der Waals surface area contributed by atoms with Crippen LogP contribution in [0.4, 0.5) is 5.69 Å². The van der Waals surface area contributed by atoms with Gasteiger partial charge in [0.05, 0.1) is 12.2 Å². The molecule has 84 valence electrons. The lowest BCUT2D eigenvalue weighted by molar-refractivity contribution is -0.115. The van der Waals surface area contributed by atoms with Crippen molar-refractivity contribution in [2.24, 2.45) is 0 Å². The van der Waals surface area contributed by atoms with Crippen LogP contribution in [0.3, 0.4) is 0 Å². The molecule has 1 aliphatic heterocycles. The van der Waals surface area contributed by atoms with Gasteiger partial charge in [0.2, 0.25) is 0 Å². The van der Waals surface area contributed by atoms with E-state index >= 15 is 0 Å². The average Bonchev–Trinajstić information content (AvgIpc) is 2.68. The highest BCUT2D eigenvalue weighted by molar-refractivity contribution is 7.80. The van der Waals surface area contributed by atoms with Gasteiger partial charge < -0.3 is 5.32 Å². The van der Waals surface area contributed by atoms with Crippen molar-refractivity contribution in [1.29, 1.82) is 0 Å². The van der Waals surface area contributed by atoms with E-state index in [1.54, 1.807) is 4.90 Å². The van der Waals surface area contributed by atoms with Gasteiger partial charge in [0.1, 0.15) is 0 Å². The van der Waals surface area contributed by atoms with Gasteiger partial charge >= 0.3 is 0 Å². The molecule has 0 aromatic heterocycles. The SMILES string of the molecule is O=C1CNC(=S)N1c1ccc2ccccc2c1. The Morgan fingerprint density at radius 1 is 1.12 bits per heavy atom. The molecule has 2 aromatic rings. The van der Waals surface area contributed by atoms with Crippen LogP contribution in [0, 0.1) is 0 Å². The van der Waals surface area contributed by atoms with Crippen molar-refractivity contribution in [3.63, 3.8) is 0 Å². The molecule has 3 rings (SSSR count). The van der Waals surface area contributed by atoms with Gasteiger partial charge in [0.15, 0.2) is 5.11 Å². The van der Waals surface area contributed by atoms with E-state index in [4.69, 9.17) is 12.2 Å². The normalized spacial score (nSPS) is 15.4. The number of nitrogens with zero attached hydrogens (tertiary/aromatic N) is 1. The first-order chi connectivity index (χ1) is 8.25. The predicted molar refractivity (Wildman–Crippen MR) is 72.0 cm³/mol. The number of anilines is 1. The van der Waals surface area contributed by atoms with Crippen LogP contribution in [0.25, 0.3) is 10.8 Å². The van der Waals surface area contributed by atoms with Crippen molar-refractivity contribution in [3.05, 3.63) is 42.5 Å². The molecule has 0 saturated carbocycles. The minimum Gasteiger partial charge on any atom is -0.353 e. The van der Waals surface area contributed by atoms with Crippen molar-refractivity contribution in [2.45, 2.75) is 0 Å². The molecule has 3 nitrogen and oxygen atoms in total. The van der Waals surface area contributed by atoms with E-state index in [-0.39, 0.29) is 12.5 Å². The number of carbonyl (C=O) groups is 1. The highest BCUT2D eigenvalue weighted by atomic mass is 32.1. The molecule has 1 saturated heterocycles. The van der Waals surface area contributed by atoms with Crippen LogP contribution in [-0.4, -0.2) is 17.6 Å². The molecule has 1 heterocycles. The summed E-state index contributed by atoms with van der Waals surface area (Å²) < 4.78 is 0. The number of benzene rings is 2. The molecule has 1 aliphatic rings. The van der Waals surface area contributed by atoms with Gasteiger partial charge in [-0.05, 0) is 35.1 Å². The summed E-state index contributed by atoms with van der Waals surface area (Å²) in [5.74, 6) is -0.00900. The second-order valence-corrected chi connectivity index (χ2v) is 4.31. The predicted octanol–water partition coefficient (Wildman–Crippen LogP) is 2.06. The molecule has 0 bridgehead atoms. The van der Waals surface area contributed by atoms with Gasteiger partial charge in [-0.2, -0.15) is 0 Å². The molecule has 1 fully saturated rings. The average molecular weight is 242 g/mol. The highest BCUT2D eigenvalue weighted by Crippen LogP contribution is 2.23. The topological polar surface area (TPSA) is 32.3 Å². The minimum atomic E-state index is -0.00900. The molecule has 0 unspecified atom stereocenters. The van der Waals surface area contributed by atoms with E-state index in [1.165, 1.54) is 0 Å². The Balaban J connectivity index is 2.12. The van der Waals surface area contributed by atoms with Crippen molar-refractivity contribution in [3.8, 4) is 0 Å². The Morgan fingerprint density at radius 3 is 2.59 bits per heavy atom. The van der Waals surface area contributed by atoms with E-state index < -0.39 is 0 Å². The third kappa shape index (κ3) is 1.66. The maximum absolute atomic E-state index is 11.7. The van der Waals surface area contributed by atoms with E-state index in [2.05, 4.69) is 5.32 Å². The molecular weight excluding hydrogens is 232 g/mol. The van der Waals surface area contributed by atoms with Gasteiger partial charge in [-0.15, -0.1) is 0 Å². The first-order valence-electron chi connectivity index (χ1n) is 5.35. The maximum atomic E-state index is 11.7. The lowest BCUT2D eigenvalue weighted by Crippen LogP contribution is -2.30. The first-order valence-corrected chi connectivity index (χ1v) is 5.76. The van der Waals surface area contributed by atoms with Gasteiger partial charge in [-0.25, -0.2) is 0 Å². The standard InChI is InChI=1S/C13H10N2OS/c16-12-8-14-13(17)15(12)11-6-5-9-3-1-2-4-10(9)7-11/h1-7H,8H2,(H,14,17). The molecule has 1 N–H and O–H groups in total. The Bertz CT molecular complexity index is 608. The molecule has 2 aromatic carbocycles.